The summed E-state index contributed by atoms with van der Waals surface area (Å²) in [6.07, 6.45) is 1.41. The molecule has 2 amide bonds. The third kappa shape index (κ3) is 5.34. The molecule has 142 valence electrons. The van der Waals surface area contributed by atoms with E-state index in [1.165, 1.54) is 27.6 Å². The number of rotatable bonds is 7. The second-order valence-corrected chi connectivity index (χ2v) is 7.07. The van der Waals surface area contributed by atoms with Crippen molar-refractivity contribution in [3.8, 4) is 6.07 Å². The molecule has 0 bridgehead atoms. The van der Waals surface area contributed by atoms with E-state index in [1.807, 2.05) is 12.1 Å². The topological polar surface area (TPSA) is 90.7 Å². The first-order valence-corrected chi connectivity index (χ1v) is 9.44. The number of hydrogen-bond acceptors (Lipinski definition) is 6. The van der Waals surface area contributed by atoms with Gasteiger partial charge in [0.1, 0.15) is 6.54 Å². The van der Waals surface area contributed by atoms with Crippen LogP contribution in [0, 0.1) is 11.3 Å². The molecule has 0 N–H and O–H groups in total. The summed E-state index contributed by atoms with van der Waals surface area (Å²) < 4.78 is 4.90. The highest BCUT2D eigenvalue weighted by molar-refractivity contribution is 8.04. The molecule has 27 heavy (non-hydrogen) atoms. The Hall–Kier alpha value is -2.79. The first kappa shape index (κ1) is 20.5. The normalized spacial score (nSPS) is 17.7. The number of nitrogens with zero attached hydrogens (tertiary/aromatic N) is 3. The molecule has 1 fully saturated rings. The smallest absolute Gasteiger partial charge is 0.333 e. The molecule has 0 aromatic heterocycles. The summed E-state index contributed by atoms with van der Waals surface area (Å²) in [5.41, 5.74) is 0.654. The highest BCUT2D eigenvalue weighted by Gasteiger charge is 2.36. The van der Waals surface area contributed by atoms with Crippen LogP contribution in [0.1, 0.15) is 20.3 Å². The fourth-order valence-corrected chi connectivity index (χ4v) is 3.60. The molecule has 1 aromatic carbocycles. The number of nitriles is 1. The molecular weight excluding hydrogens is 366 g/mol. The number of anilines is 1. The van der Waals surface area contributed by atoms with Crippen LogP contribution in [0.3, 0.4) is 0 Å². The van der Waals surface area contributed by atoms with Gasteiger partial charge in [-0.3, -0.25) is 14.5 Å². The van der Waals surface area contributed by atoms with Crippen molar-refractivity contribution in [3.63, 3.8) is 0 Å². The molecule has 7 nitrogen and oxygen atoms in total. The average molecular weight is 387 g/mol. The van der Waals surface area contributed by atoms with Gasteiger partial charge in [0.05, 0.1) is 35.5 Å². The van der Waals surface area contributed by atoms with Crippen molar-refractivity contribution in [3.05, 3.63) is 41.4 Å². The number of carbonyl (C=O) groups excluding carboxylic acids is 3. The van der Waals surface area contributed by atoms with Gasteiger partial charge in [-0.1, -0.05) is 30.0 Å². The number of esters is 1. The Labute approximate surface area is 162 Å². The van der Waals surface area contributed by atoms with E-state index in [9.17, 15) is 14.4 Å². The van der Waals surface area contributed by atoms with Gasteiger partial charge in [0.15, 0.2) is 0 Å². The Morgan fingerprint density at radius 2 is 2.07 bits per heavy atom. The molecule has 2 rings (SSSR count). The quantitative estimate of drug-likeness (QED) is 0.527. The maximum absolute atomic E-state index is 12.9. The van der Waals surface area contributed by atoms with E-state index < -0.39 is 5.97 Å². The van der Waals surface area contributed by atoms with Crippen molar-refractivity contribution in [2.24, 2.45) is 0 Å². The van der Waals surface area contributed by atoms with E-state index in [0.29, 0.717) is 10.7 Å². The van der Waals surface area contributed by atoms with Gasteiger partial charge in [-0.25, -0.2) is 4.79 Å². The Bertz CT molecular complexity index is 773. The maximum atomic E-state index is 12.9. The zero-order valence-corrected chi connectivity index (χ0v) is 16.1. The lowest BCUT2D eigenvalue weighted by molar-refractivity contribution is -0.137. The van der Waals surface area contributed by atoms with Gasteiger partial charge in [0, 0.05) is 12.2 Å². The van der Waals surface area contributed by atoms with Gasteiger partial charge in [0.2, 0.25) is 11.8 Å². The largest absolute Gasteiger partial charge is 0.463 e. The lowest BCUT2D eigenvalue weighted by Gasteiger charge is -2.25. The molecule has 0 saturated carbocycles. The Kier molecular flexibility index (Phi) is 7.44. The predicted molar refractivity (Wildman–Crippen MR) is 103 cm³/mol. The van der Waals surface area contributed by atoms with Crippen LogP contribution < -0.4 is 4.90 Å². The van der Waals surface area contributed by atoms with E-state index in [1.54, 1.807) is 38.1 Å². The molecule has 1 heterocycles. The molecule has 0 radical (unpaired) electrons. The van der Waals surface area contributed by atoms with Crippen LogP contribution >= 0.6 is 11.8 Å². The van der Waals surface area contributed by atoms with Crippen LogP contribution in [-0.4, -0.2) is 47.6 Å². The van der Waals surface area contributed by atoms with Gasteiger partial charge < -0.3 is 9.64 Å². The van der Waals surface area contributed by atoms with Crippen LogP contribution in [0.15, 0.2) is 41.4 Å². The van der Waals surface area contributed by atoms with Gasteiger partial charge >= 0.3 is 5.97 Å². The summed E-state index contributed by atoms with van der Waals surface area (Å²) in [4.78, 5) is 39.9. The summed E-state index contributed by atoms with van der Waals surface area (Å²) >= 11 is 1.22. The van der Waals surface area contributed by atoms with Crippen molar-refractivity contribution in [1.29, 1.82) is 5.26 Å². The average Bonchev–Trinajstić information content (AvgIpc) is 2.90. The van der Waals surface area contributed by atoms with E-state index in [-0.39, 0.29) is 43.2 Å². The first-order valence-electron chi connectivity index (χ1n) is 8.56. The third-order valence-corrected chi connectivity index (χ3v) is 4.95. The zero-order chi connectivity index (χ0) is 19.8. The van der Waals surface area contributed by atoms with E-state index in [4.69, 9.17) is 10.00 Å². The minimum absolute atomic E-state index is 0.172. The fraction of sp³-hybridized carbons (Fsp3) is 0.368. The number of ether oxygens (including phenoxy) is 1. The van der Waals surface area contributed by atoms with E-state index >= 15 is 0 Å². The van der Waals surface area contributed by atoms with Crippen LogP contribution in [0.5, 0.6) is 0 Å². The maximum Gasteiger partial charge on any atom is 0.333 e. The fourth-order valence-electron chi connectivity index (χ4n) is 2.56. The zero-order valence-electron chi connectivity index (χ0n) is 15.3. The van der Waals surface area contributed by atoms with Gasteiger partial charge in [0.25, 0.3) is 0 Å². The van der Waals surface area contributed by atoms with Gasteiger partial charge in [-0.05, 0) is 26.0 Å². The molecule has 1 saturated heterocycles. The minimum Gasteiger partial charge on any atom is -0.463 e. The molecule has 1 atom stereocenters. The second kappa shape index (κ2) is 9.78. The highest BCUT2D eigenvalue weighted by atomic mass is 32.2. The van der Waals surface area contributed by atoms with Crippen LogP contribution in [0.4, 0.5) is 5.69 Å². The minimum atomic E-state index is -0.552. The Balaban J connectivity index is 2.22. The molecule has 1 aromatic rings. The highest BCUT2D eigenvalue weighted by Crippen LogP contribution is 2.34. The number of benzene rings is 1. The lowest BCUT2D eigenvalue weighted by Crippen LogP contribution is -2.42. The summed E-state index contributed by atoms with van der Waals surface area (Å²) in [5, 5.41) is 8.89. The molecule has 1 aliphatic heterocycles. The number of amides is 2. The van der Waals surface area contributed by atoms with Gasteiger partial charge in [-0.15, -0.1) is 0 Å². The molecule has 1 aliphatic rings. The van der Waals surface area contributed by atoms with Crippen molar-refractivity contribution < 1.29 is 19.1 Å². The van der Waals surface area contributed by atoms with Crippen molar-refractivity contribution >= 4 is 35.2 Å². The predicted octanol–water partition coefficient (Wildman–Crippen LogP) is 2.30. The molecular formula is C19H21N3O4S. The van der Waals surface area contributed by atoms with Crippen LogP contribution in [0.25, 0.3) is 0 Å². The summed E-state index contributed by atoms with van der Waals surface area (Å²) in [5.74, 6) is -1.12. The number of hydrogen-bond donors (Lipinski definition) is 0. The second-order valence-electron chi connectivity index (χ2n) is 5.71. The molecule has 1 unspecified atom stereocenters. The van der Waals surface area contributed by atoms with Crippen LogP contribution in [0.2, 0.25) is 0 Å². The molecule has 0 spiro atoms. The monoisotopic (exact) mass is 387 g/mol. The van der Waals surface area contributed by atoms with E-state index in [2.05, 4.69) is 0 Å². The Morgan fingerprint density at radius 3 is 2.70 bits per heavy atom. The van der Waals surface area contributed by atoms with Gasteiger partial charge in [-0.2, -0.15) is 5.26 Å². The number of para-hydroxylation sites is 1. The third-order valence-electron chi connectivity index (χ3n) is 3.81. The lowest BCUT2D eigenvalue weighted by atomic mass is 10.2. The van der Waals surface area contributed by atoms with Crippen LogP contribution in [-0.2, 0) is 19.1 Å². The summed E-state index contributed by atoms with van der Waals surface area (Å²) in [6, 6.07) is 11.0. The van der Waals surface area contributed by atoms with Crippen molar-refractivity contribution in [1.82, 2.24) is 4.90 Å². The number of carbonyl (C=O) groups is 3. The summed E-state index contributed by atoms with van der Waals surface area (Å²) in [7, 11) is 0. The molecule has 8 heteroatoms. The molecule has 0 aliphatic carbocycles. The number of thioether (sulfide) groups is 1. The standard InChI is InChI=1S/C19H21N3O4S/c1-3-26-18(24)12-17-22(19(25)14(2)27-17)13-16(23)21(11-7-10-20)15-8-5-4-6-9-15/h4-6,8-9,12,14H,3,7,11,13H2,1-2H3/b17-12+. The SMILES string of the molecule is CCOC(=O)/C=C1/SC(C)C(=O)N1CC(=O)N(CCC#N)c1ccccc1. The van der Waals surface area contributed by atoms with Crippen molar-refractivity contribution in [2.75, 3.05) is 24.6 Å². The summed E-state index contributed by atoms with van der Waals surface area (Å²) in [6.45, 7) is 3.66. The Morgan fingerprint density at radius 1 is 1.37 bits per heavy atom. The van der Waals surface area contributed by atoms with Crippen molar-refractivity contribution in [2.45, 2.75) is 25.5 Å². The van der Waals surface area contributed by atoms with E-state index in [0.717, 1.165) is 0 Å². The first-order chi connectivity index (χ1) is 13.0.